The number of nitrogens with zero attached hydrogens (tertiary/aromatic N) is 1. The first-order valence-corrected chi connectivity index (χ1v) is 4.31. The van der Waals surface area contributed by atoms with E-state index in [0.29, 0.717) is 5.56 Å². The van der Waals surface area contributed by atoms with Gasteiger partial charge in [-0.3, -0.25) is 0 Å². The third-order valence-electron chi connectivity index (χ3n) is 1.63. The van der Waals surface area contributed by atoms with Crippen LogP contribution in [0.1, 0.15) is 21.5 Å². The van der Waals surface area contributed by atoms with Crippen LogP contribution in [0.5, 0.6) is 0 Å². The SMILES string of the molecule is Cc1ccc(C(Cl)Cl)cc1C#N. The monoisotopic (exact) mass is 199 g/mol. The smallest absolute Gasteiger partial charge is 0.132 e. The van der Waals surface area contributed by atoms with Crippen molar-refractivity contribution in [2.24, 2.45) is 0 Å². The van der Waals surface area contributed by atoms with Crippen LogP contribution in [0.4, 0.5) is 0 Å². The molecule has 3 heteroatoms. The Kier molecular flexibility index (Phi) is 2.97. The van der Waals surface area contributed by atoms with Crippen LogP contribution < -0.4 is 0 Å². The molecule has 0 bridgehead atoms. The van der Waals surface area contributed by atoms with Crippen LogP contribution in [0.2, 0.25) is 0 Å². The fraction of sp³-hybridized carbons (Fsp3) is 0.222. The molecule has 62 valence electrons. The average Bonchev–Trinajstić information content (AvgIpc) is 2.05. The number of nitriles is 1. The minimum Gasteiger partial charge on any atom is -0.192 e. The number of rotatable bonds is 1. The molecule has 0 N–H and O–H groups in total. The predicted molar refractivity (Wildman–Crippen MR) is 50.3 cm³/mol. The maximum absolute atomic E-state index is 8.69. The highest BCUT2D eigenvalue weighted by atomic mass is 35.5. The van der Waals surface area contributed by atoms with Gasteiger partial charge in [-0.1, -0.05) is 12.1 Å². The third-order valence-corrected chi connectivity index (χ3v) is 2.14. The predicted octanol–water partition coefficient (Wildman–Crippen LogP) is 3.34. The summed E-state index contributed by atoms with van der Waals surface area (Å²) in [7, 11) is 0. The van der Waals surface area contributed by atoms with Gasteiger partial charge in [-0.2, -0.15) is 5.26 Å². The first kappa shape index (κ1) is 9.38. The topological polar surface area (TPSA) is 23.8 Å². The van der Waals surface area contributed by atoms with Crippen LogP contribution in [0.15, 0.2) is 18.2 Å². The van der Waals surface area contributed by atoms with Gasteiger partial charge in [0.15, 0.2) is 0 Å². The van der Waals surface area contributed by atoms with Gasteiger partial charge < -0.3 is 0 Å². The van der Waals surface area contributed by atoms with E-state index in [1.165, 1.54) is 0 Å². The van der Waals surface area contributed by atoms with E-state index in [1.54, 1.807) is 6.07 Å². The van der Waals surface area contributed by atoms with Crippen LogP contribution in [0.25, 0.3) is 0 Å². The van der Waals surface area contributed by atoms with Crippen molar-refractivity contribution in [2.45, 2.75) is 11.8 Å². The van der Waals surface area contributed by atoms with Crippen LogP contribution in [0.3, 0.4) is 0 Å². The van der Waals surface area contributed by atoms with Gasteiger partial charge in [0.25, 0.3) is 0 Å². The molecule has 0 aromatic heterocycles. The van der Waals surface area contributed by atoms with Crippen LogP contribution in [-0.2, 0) is 0 Å². The van der Waals surface area contributed by atoms with Crippen molar-refractivity contribution >= 4 is 23.2 Å². The highest BCUT2D eigenvalue weighted by Gasteiger charge is 2.05. The van der Waals surface area contributed by atoms with Crippen molar-refractivity contribution in [1.29, 1.82) is 5.26 Å². The molecule has 0 aliphatic heterocycles. The van der Waals surface area contributed by atoms with E-state index in [1.807, 2.05) is 19.1 Å². The Morgan fingerprint density at radius 2 is 2.08 bits per heavy atom. The molecule has 0 aliphatic rings. The number of hydrogen-bond donors (Lipinski definition) is 0. The zero-order valence-electron chi connectivity index (χ0n) is 6.51. The second kappa shape index (κ2) is 3.80. The zero-order chi connectivity index (χ0) is 9.14. The van der Waals surface area contributed by atoms with Gasteiger partial charge in [0, 0.05) is 0 Å². The molecular weight excluding hydrogens is 193 g/mol. The molecule has 0 atom stereocenters. The molecule has 0 unspecified atom stereocenters. The number of halogens is 2. The molecule has 0 fully saturated rings. The van der Waals surface area contributed by atoms with Crippen molar-refractivity contribution in [3.8, 4) is 6.07 Å². The Morgan fingerprint density at radius 1 is 1.42 bits per heavy atom. The molecule has 0 saturated carbocycles. The Morgan fingerprint density at radius 3 is 2.58 bits per heavy atom. The standard InChI is InChI=1S/C9H7Cl2N/c1-6-2-3-7(9(10)11)4-8(6)5-12/h2-4,9H,1H3. The van der Waals surface area contributed by atoms with Gasteiger partial charge in [0.05, 0.1) is 11.6 Å². The first-order valence-electron chi connectivity index (χ1n) is 3.44. The first-order chi connectivity index (χ1) is 5.65. The number of benzene rings is 1. The van der Waals surface area contributed by atoms with Gasteiger partial charge >= 0.3 is 0 Å². The highest BCUT2D eigenvalue weighted by Crippen LogP contribution is 2.25. The number of alkyl halides is 2. The molecule has 12 heavy (non-hydrogen) atoms. The van der Waals surface area contributed by atoms with Crippen molar-refractivity contribution in [3.05, 3.63) is 34.9 Å². The summed E-state index contributed by atoms with van der Waals surface area (Å²) in [6.45, 7) is 1.87. The minimum atomic E-state index is -0.558. The van der Waals surface area contributed by atoms with Gasteiger partial charge in [-0.25, -0.2) is 0 Å². The summed E-state index contributed by atoms with van der Waals surface area (Å²) in [5.41, 5.74) is 2.33. The summed E-state index contributed by atoms with van der Waals surface area (Å²) in [5, 5.41) is 8.69. The lowest BCUT2D eigenvalue weighted by atomic mass is 10.1. The Balaban J connectivity index is 3.16. The molecular formula is C9H7Cl2N. The minimum absolute atomic E-state index is 0.558. The van der Waals surface area contributed by atoms with Crippen LogP contribution >= 0.6 is 23.2 Å². The van der Waals surface area contributed by atoms with Crippen molar-refractivity contribution in [3.63, 3.8) is 0 Å². The van der Waals surface area contributed by atoms with Gasteiger partial charge in [0.1, 0.15) is 4.84 Å². The Bertz CT molecular complexity index is 326. The summed E-state index contributed by atoms with van der Waals surface area (Å²) in [6, 6.07) is 7.44. The van der Waals surface area contributed by atoms with E-state index in [0.717, 1.165) is 11.1 Å². The second-order valence-electron chi connectivity index (χ2n) is 2.49. The molecule has 0 heterocycles. The van der Waals surface area contributed by atoms with Crippen molar-refractivity contribution < 1.29 is 0 Å². The summed E-state index contributed by atoms with van der Waals surface area (Å²) in [5.74, 6) is 0. The van der Waals surface area contributed by atoms with Crippen molar-refractivity contribution in [1.82, 2.24) is 0 Å². The fourth-order valence-corrected chi connectivity index (χ4v) is 1.17. The molecule has 0 saturated heterocycles. The second-order valence-corrected chi connectivity index (χ2v) is 3.58. The van der Waals surface area contributed by atoms with Crippen molar-refractivity contribution in [2.75, 3.05) is 0 Å². The van der Waals surface area contributed by atoms with Gasteiger partial charge in [0.2, 0.25) is 0 Å². The molecule has 1 aromatic rings. The lowest BCUT2D eigenvalue weighted by Crippen LogP contribution is -1.86. The average molecular weight is 200 g/mol. The lowest BCUT2D eigenvalue weighted by Gasteiger charge is -2.02. The van der Waals surface area contributed by atoms with E-state index in [2.05, 4.69) is 6.07 Å². The van der Waals surface area contributed by atoms with E-state index < -0.39 is 4.84 Å². The summed E-state index contributed by atoms with van der Waals surface area (Å²) in [4.78, 5) is -0.558. The molecule has 0 spiro atoms. The zero-order valence-corrected chi connectivity index (χ0v) is 8.02. The van der Waals surface area contributed by atoms with Crippen LogP contribution in [0, 0.1) is 18.3 Å². The summed E-state index contributed by atoms with van der Waals surface area (Å²) < 4.78 is 0. The maximum atomic E-state index is 8.69. The molecule has 1 rings (SSSR count). The van der Waals surface area contributed by atoms with E-state index in [4.69, 9.17) is 28.5 Å². The van der Waals surface area contributed by atoms with Crippen LogP contribution in [-0.4, -0.2) is 0 Å². The molecule has 0 radical (unpaired) electrons. The van der Waals surface area contributed by atoms with Gasteiger partial charge in [-0.15, -0.1) is 23.2 Å². The molecule has 0 aliphatic carbocycles. The fourth-order valence-electron chi connectivity index (χ4n) is 0.896. The largest absolute Gasteiger partial charge is 0.192 e. The molecule has 1 nitrogen and oxygen atoms in total. The van der Waals surface area contributed by atoms with Gasteiger partial charge in [-0.05, 0) is 24.1 Å². The highest BCUT2D eigenvalue weighted by molar-refractivity contribution is 6.44. The third kappa shape index (κ3) is 1.91. The number of aryl methyl sites for hydroxylation is 1. The quantitative estimate of drug-likeness (QED) is 0.637. The summed E-state index contributed by atoms with van der Waals surface area (Å²) in [6.07, 6.45) is 0. The maximum Gasteiger partial charge on any atom is 0.132 e. The molecule has 1 aromatic carbocycles. The number of hydrogen-bond acceptors (Lipinski definition) is 1. The van der Waals surface area contributed by atoms with E-state index >= 15 is 0 Å². The van der Waals surface area contributed by atoms with E-state index in [-0.39, 0.29) is 0 Å². The Labute approximate surface area is 81.5 Å². The normalized spacial score (nSPS) is 9.92. The summed E-state index contributed by atoms with van der Waals surface area (Å²) >= 11 is 11.3. The van der Waals surface area contributed by atoms with E-state index in [9.17, 15) is 0 Å². The molecule has 0 amide bonds. The Hall–Kier alpha value is -0.710. The lowest BCUT2D eigenvalue weighted by molar-refractivity contribution is 1.29.